The van der Waals surface area contributed by atoms with Crippen molar-refractivity contribution in [2.24, 2.45) is 11.8 Å². The van der Waals surface area contributed by atoms with Gasteiger partial charge in [-0.2, -0.15) is 0 Å². The van der Waals surface area contributed by atoms with Gasteiger partial charge in [0.1, 0.15) is 5.82 Å². The van der Waals surface area contributed by atoms with Crippen LogP contribution >= 0.6 is 0 Å². The third-order valence-electron chi connectivity index (χ3n) is 6.43. The number of nitrogens with two attached hydrogens (primary N) is 1. The molecule has 1 aromatic heterocycles. The van der Waals surface area contributed by atoms with Crippen LogP contribution in [0, 0.1) is 11.8 Å². The number of H-pyrrole nitrogens is 1. The smallest absolute Gasteiger partial charge is 0.330 e. The third kappa shape index (κ3) is 5.08. The second kappa shape index (κ2) is 10.1. The molecule has 2 unspecified atom stereocenters. The van der Waals surface area contributed by atoms with E-state index in [9.17, 15) is 14.4 Å². The molecule has 1 heterocycles. The summed E-state index contributed by atoms with van der Waals surface area (Å²) >= 11 is 0. The molecule has 184 valence electrons. The van der Waals surface area contributed by atoms with Crippen LogP contribution in [0.1, 0.15) is 24.5 Å². The molecule has 4 rings (SSSR count). The van der Waals surface area contributed by atoms with Crippen molar-refractivity contribution in [1.82, 2.24) is 9.55 Å². The van der Waals surface area contributed by atoms with Crippen molar-refractivity contribution in [3.05, 3.63) is 80.5 Å². The van der Waals surface area contributed by atoms with Crippen LogP contribution in [0.2, 0.25) is 0 Å². The number of aromatic amines is 1. The van der Waals surface area contributed by atoms with Crippen molar-refractivity contribution in [2.75, 3.05) is 31.4 Å². The fourth-order valence-electron chi connectivity index (χ4n) is 4.24. The molecule has 1 fully saturated rings. The first-order chi connectivity index (χ1) is 16.8. The first kappa shape index (κ1) is 24.1. The highest BCUT2D eigenvalue weighted by molar-refractivity contribution is 5.98. The number of amides is 1. The van der Waals surface area contributed by atoms with Gasteiger partial charge >= 0.3 is 5.69 Å². The lowest BCUT2D eigenvalue weighted by Gasteiger charge is -2.25. The largest absolute Gasteiger partial charge is 0.493 e. The molecular formula is C26H30N4O5. The summed E-state index contributed by atoms with van der Waals surface area (Å²) in [5.41, 5.74) is 6.85. The predicted octanol–water partition coefficient (Wildman–Crippen LogP) is 2.42. The van der Waals surface area contributed by atoms with E-state index >= 15 is 0 Å². The summed E-state index contributed by atoms with van der Waals surface area (Å²) in [6.07, 6.45) is 1.21. The van der Waals surface area contributed by atoms with Crippen molar-refractivity contribution in [3.63, 3.8) is 0 Å². The molecule has 1 saturated carbocycles. The average molecular weight is 479 g/mol. The van der Waals surface area contributed by atoms with Crippen molar-refractivity contribution in [3.8, 4) is 11.5 Å². The van der Waals surface area contributed by atoms with Gasteiger partial charge in [-0.3, -0.25) is 19.1 Å². The van der Waals surface area contributed by atoms with Crippen LogP contribution in [0.5, 0.6) is 11.5 Å². The number of rotatable bonds is 9. The van der Waals surface area contributed by atoms with Crippen molar-refractivity contribution >= 4 is 17.4 Å². The van der Waals surface area contributed by atoms with E-state index in [0.29, 0.717) is 17.9 Å². The molecule has 1 aliphatic carbocycles. The summed E-state index contributed by atoms with van der Waals surface area (Å²) in [6, 6.07) is 14.8. The summed E-state index contributed by atoms with van der Waals surface area (Å²) < 4.78 is 12.0. The van der Waals surface area contributed by atoms with Gasteiger partial charge in [0.25, 0.3) is 5.56 Å². The quantitative estimate of drug-likeness (QED) is 0.487. The normalized spacial score (nSPS) is 16.5. The van der Waals surface area contributed by atoms with Gasteiger partial charge in [0.15, 0.2) is 17.2 Å². The topological polar surface area (TPSA) is 120 Å². The number of nitrogen functional groups attached to an aromatic ring is 1. The lowest BCUT2D eigenvalue weighted by molar-refractivity contribution is -0.120. The van der Waals surface area contributed by atoms with Gasteiger partial charge in [0.05, 0.1) is 20.8 Å². The zero-order valence-electron chi connectivity index (χ0n) is 20.1. The minimum Gasteiger partial charge on any atom is -0.493 e. The lowest BCUT2D eigenvalue weighted by Crippen LogP contribution is -2.43. The standard InChI is InChI=1S/C26H30N4O5/c1-16-13-19(16)25(32)29(12-11-17-9-10-20(34-2)21(14-17)35-3)22-23(27)30(26(33)28-24(22)31)15-18-7-5-4-6-8-18/h4-10,14,16,19H,11-13,15,27H2,1-3H3,(H,28,31,33). The maximum absolute atomic E-state index is 13.4. The van der Waals surface area contributed by atoms with Crippen LogP contribution in [0.4, 0.5) is 11.5 Å². The number of hydrogen-bond acceptors (Lipinski definition) is 6. The Kier molecular flexibility index (Phi) is 6.95. The number of hydrogen-bond donors (Lipinski definition) is 2. The molecule has 3 N–H and O–H groups in total. The highest BCUT2D eigenvalue weighted by atomic mass is 16.5. The molecule has 2 aromatic carbocycles. The lowest BCUT2D eigenvalue weighted by atomic mass is 10.1. The Balaban J connectivity index is 1.70. The van der Waals surface area contributed by atoms with E-state index in [0.717, 1.165) is 17.5 Å². The molecular weight excluding hydrogens is 448 g/mol. The molecule has 1 aliphatic rings. The molecule has 0 spiro atoms. The Morgan fingerprint density at radius 1 is 1.09 bits per heavy atom. The SMILES string of the molecule is COc1ccc(CCN(C(=O)C2CC2C)c2c(N)n(Cc3ccccc3)c(=O)[nH]c2=O)cc1OC. The molecule has 35 heavy (non-hydrogen) atoms. The zero-order valence-corrected chi connectivity index (χ0v) is 20.1. The molecule has 1 amide bonds. The van der Waals surface area contributed by atoms with Gasteiger partial charge in [0, 0.05) is 12.5 Å². The van der Waals surface area contributed by atoms with E-state index in [4.69, 9.17) is 15.2 Å². The van der Waals surface area contributed by atoms with E-state index in [1.54, 1.807) is 20.3 Å². The molecule has 0 bridgehead atoms. The van der Waals surface area contributed by atoms with Crippen LogP contribution in [-0.4, -0.2) is 36.2 Å². The summed E-state index contributed by atoms with van der Waals surface area (Å²) in [6.45, 7) is 2.39. The number of carbonyl (C=O) groups excluding carboxylic acids is 1. The Morgan fingerprint density at radius 2 is 1.77 bits per heavy atom. The fraction of sp³-hybridized carbons (Fsp3) is 0.346. The predicted molar refractivity (Wildman–Crippen MR) is 134 cm³/mol. The highest BCUT2D eigenvalue weighted by Gasteiger charge is 2.43. The van der Waals surface area contributed by atoms with Crippen LogP contribution in [0.15, 0.2) is 58.1 Å². The Morgan fingerprint density at radius 3 is 2.40 bits per heavy atom. The maximum atomic E-state index is 13.4. The Labute approximate surface area is 203 Å². The molecule has 0 saturated heterocycles. The first-order valence-corrected chi connectivity index (χ1v) is 11.5. The molecule has 9 nitrogen and oxygen atoms in total. The number of ether oxygens (including phenoxy) is 2. The zero-order chi connectivity index (χ0) is 25.1. The van der Waals surface area contributed by atoms with E-state index < -0.39 is 11.2 Å². The summed E-state index contributed by atoms with van der Waals surface area (Å²) in [5.74, 6) is 1.05. The van der Waals surface area contributed by atoms with E-state index in [-0.39, 0.29) is 42.3 Å². The number of benzene rings is 2. The number of methoxy groups -OCH3 is 2. The van der Waals surface area contributed by atoms with Gasteiger partial charge in [-0.1, -0.05) is 43.3 Å². The van der Waals surface area contributed by atoms with E-state index in [1.807, 2.05) is 49.4 Å². The molecule has 3 aromatic rings. The van der Waals surface area contributed by atoms with Crippen LogP contribution in [-0.2, 0) is 17.8 Å². The molecule has 9 heteroatoms. The average Bonchev–Trinajstić information content (AvgIpc) is 3.60. The van der Waals surface area contributed by atoms with Crippen molar-refractivity contribution in [2.45, 2.75) is 26.3 Å². The number of nitrogens with one attached hydrogen (secondary N) is 1. The van der Waals surface area contributed by atoms with Crippen molar-refractivity contribution < 1.29 is 14.3 Å². The van der Waals surface area contributed by atoms with E-state index in [1.165, 1.54) is 9.47 Å². The number of nitrogens with zero attached hydrogens (tertiary/aromatic N) is 2. The van der Waals surface area contributed by atoms with Gasteiger partial charge in [0.2, 0.25) is 5.91 Å². The van der Waals surface area contributed by atoms with Crippen LogP contribution in [0.3, 0.4) is 0 Å². The second-order valence-electron chi connectivity index (χ2n) is 8.81. The maximum Gasteiger partial charge on any atom is 0.330 e. The van der Waals surface area contributed by atoms with Crippen LogP contribution < -0.4 is 31.4 Å². The summed E-state index contributed by atoms with van der Waals surface area (Å²) in [7, 11) is 3.12. The Bertz CT molecular complexity index is 1330. The number of aromatic nitrogens is 2. The minimum absolute atomic E-state index is 0.00473. The molecule has 0 radical (unpaired) electrons. The number of carbonyl (C=O) groups is 1. The first-order valence-electron chi connectivity index (χ1n) is 11.5. The molecule has 2 atom stereocenters. The van der Waals surface area contributed by atoms with Crippen molar-refractivity contribution in [1.29, 1.82) is 0 Å². The number of anilines is 2. The van der Waals surface area contributed by atoms with Gasteiger partial charge in [-0.25, -0.2) is 4.79 Å². The Hall–Kier alpha value is -4.01. The van der Waals surface area contributed by atoms with Gasteiger partial charge < -0.3 is 20.1 Å². The minimum atomic E-state index is -0.675. The fourth-order valence-corrected chi connectivity index (χ4v) is 4.24. The van der Waals surface area contributed by atoms with Gasteiger partial charge in [-0.15, -0.1) is 0 Å². The highest BCUT2D eigenvalue weighted by Crippen LogP contribution is 2.40. The van der Waals surface area contributed by atoms with E-state index in [2.05, 4.69) is 4.98 Å². The summed E-state index contributed by atoms with van der Waals surface area (Å²) in [4.78, 5) is 42.8. The van der Waals surface area contributed by atoms with Gasteiger partial charge in [-0.05, 0) is 42.0 Å². The molecule has 0 aliphatic heterocycles. The monoisotopic (exact) mass is 478 g/mol. The third-order valence-corrected chi connectivity index (χ3v) is 6.43. The second-order valence-corrected chi connectivity index (χ2v) is 8.81. The summed E-state index contributed by atoms with van der Waals surface area (Å²) in [5, 5.41) is 0. The van der Waals surface area contributed by atoms with Crippen LogP contribution in [0.25, 0.3) is 0 Å².